The summed E-state index contributed by atoms with van der Waals surface area (Å²) < 4.78 is 0. The molecule has 0 amide bonds. The number of nitrogens with zero attached hydrogens (tertiary/aromatic N) is 1. The Morgan fingerprint density at radius 2 is 0.812 bits per heavy atom. The second-order valence-corrected chi connectivity index (χ2v) is 16.8. The Hall–Kier alpha value is -8.26. The summed E-state index contributed by atoms with van der Waals surface area (Å²) in [7, 11) is 0. The van der Waals surface area contributed by atoms with Crippen LogP contribution in [0, 0.1) is 0 Å². The van der Waals surface area contributed by atoms with Crippen LogP contribution in [-0.2, 0) is 5.41 Å². The number of hydrogen-bond donors (Lipinski definition) is 0. The minimum absolute atomic E-state index is 0.513. The van der Waals surface area contributed by atoms with Crippen LogP contribution >= 0.6 is 0 Å². The summed E-state index contributed by atoms with van der Waals surface area (Å²) in [6.07, 6.45) is 0. The van der Waals surface area contributed by atoms with Gasteiger partial charge in [0.2, 0.25) is 0 Å². The molecule has 0 bridgehead atoms. The van der Waals surface area contributed by atoms with Crippen molar-refractivity contribution in [3.05, 3.63) is 283 Å². The lowest BCUT2D eigenvalue weighted by Gasteiger charge is -2.35. The molecule has 0 atom stereocenters. The van der Waals surface area contributed by atoms with Gasteiger partial charge in [0.1, 0.15) is 0 Å². The van der Waals surface area contributed by atoms with Gasteiger partial charge in [-0.05, 0) is 131 Å². The molecule has 0 spiro atoms. The highest BCUT2D eigenvalue weighted by atomic mass is 15.1. The molecule has 0 fully saturated rings. The van der Waals surface area contributed by atoms with Crippen LogP contribution in [-0.4, -0.2) is 0 Å². The maximum Gasteiger partial charge on any atom is 0.0714 e. The monoisotopic (exact) mass is 813 g/mol. The third kappa shape index (κ3) is 6.16. The van der Waals surface area contributed by atoms with Crippen LogP contribution in [0.4, 0.5) is 17.1 Å². The van der Waals surface area contributed by atoms with Crippen molar-refractivity contribution in [2.24, 2.45) is 0 Å². The zero-order valence-corrected chi connectivity index (χ0v) is 35.3. The quantitative estimate of drug-likeness (QED) is 0.148. The number of hydrogen-bond acceptors (Lipinski definition) is 1. The van der Waals surface area contributed by atoms with Crippen molar-refractivity contribution in [3.63, 3.8) is 0 Å². The lowest BCUT2D eigenvalue weighted by molar-refractivity contribution is 0.768. The molecule has 0 N–H and O–H groups in total. The van der Waals surface area contributed by atoms with Crippen molar-refractivity contribution < 1.29 is 0 Å². The summed E-state index contributed by atoms with van der Waals surface area (Å²) >= 11 is 0. The van der Waals surface area contributed by atoms with E-state index in [-0.39, 0.29) is 0 Å². The van der Waals surface area contributed by atoms with Crippen LogP contribution in [0.15, 0.2) is 261 Å². The molecule has 11 aromatic carbocycles. The Morgan fingerprint density at radius 3 is 1.58 bits per heavy atom. The Labute approximate surface area is 374 Å². The Kier molecular flexibility index (Phi) is 9.13. The first-order chi connectivity index (χ1) is 31.7. The van der Waals surface area contributed by atoms with Crippen molar-refractivity contribution in [2.75, 3.05) is 4.90 Å². The van der Waals surface area contributed by atoms with Crippen LogP contribution in [0.5, 0.6) is 0 Å². The molecule has 11 aromatic rings. The van der Waals surface area contributed by atoms with Crippen LogP contribution in [0.1, 0.15) is 22.3 Å². The average Bonchev–Trinajstić information content (AvgIpc) is 3.67. The first kappa shape index (κ1) is 37.5. The minimum Gasteiger partial charge on any atom is -0.310 e. The van der Waals surface area contributed by atoms with Gasteiger partial charge in [-0.1, -0.05) is 218 Å². The molecule has 12 rings (SSSR count). The van der Waals surface area contributed by atoms with Crippen LogP contribution in [0.2, 0.25) is 0 Å². The Morgan fingerprint density at radius 1 is 0.266 bits per heavy atom. The van der Waals surface area contributed by atoms with E-state index in [9.17, 15) is 0 Å². The molecular formula is C63H43N. The van der Waals surface area contributed by atoms with Crippen LogP contribution in [0.25, 0.3) is 66.1 Å². The molecule has 1 aliphatic carbocycles. The Balaban J connectivity index is 1.05. The van der Waals surface area contributed by atoms with Gasteiger partial charge in [0.05, 0.1) is 5.41 Å². The van der Waals surface area contributed by atoms with Gasteiger partial charge >= 0.3 is 0 Å². The predicted octanol–water partition coefficient (Wildman–Crippen LogP) is 16.8. The SMILES string of the molecule is c1ccc(-c2cccc(N(c3ccc(-c4ccc5ccccc5c4-c4ccc5ccccc5c4)cc3)c3ccc4c(c3)C(c3ccccc3)(c3ccccc3)c3ccccc3-4)c2)cc1. The van der Waals surface area contributed by atoms with Crippen molar-refractivity contribution in [3.8, 4) is 44.5 Å². The molecule has 0 aromatic heterocycles. The van der Waals surface area contributed by atoms with E-state index in [1.165, 1.54) is 88.3 Å². The molecule has 0 radical (unpaired) electrons. The van der Waals surface area contributed by atoms with E-state index < -0.39 is 5.41 Å². The van der Waals surface area contributed by atoms with E-state index in [4.69, 9.17) is 0 Å². The van der Waals surface area contributed by atoms with E-state index in [1.54, 1.807) is 0 Å². The van der Waals surface area contributed by atoms with Crippen molar-refractivity contribution in [1.29, 1.82) is 0 Å². The lowest BCUT2D eigenvalue weighted by Crippen LogP contribution is -2.28. The summed E-state index contributed by atoms with van der Waals surface area (Å²) in [6.45, 7) is 0. The molecule has 1 heteroatoms. The van der Waals surface area contributed by atoms with Crippen LogP contribution in [0.3, 0.4) is 0 Å². The van der Waals surface area contributed by atoms with E-state index in [1.807, 2.05) is 0 Å². The fraction of sp³-hybridized carbons (Fsp3) is 0.0159. The first-order valence-corrected chi connectivity index (χ1v) is 22.2. The van der Waals surface area contributed by atoms with Gasteiger partial charge in [0, 0.05) is 17.1 Å². The first-order valence-electron chi connectivity index (χ1n) is 22.2. The van der Waals surface area contributed by atoms with Gasteiger partial charge in [-0.15, -0.1) is 0 Å². The van der Waals surface area contributed by atoms with E-state index in [0.29, 0.717) is 0 Å². The third-order valence-corrected chi connectivity index (χ3v) is 13.3. The second kappa shape index (κ2) is 15.6. The van der Waals surface area contributed by atoms with Gasteiger partial charge in [-0.25, -0.2) is 0 Å². The largest absolute Gasteiger partial charge is 0.310 e. The molecule has 300 valence electrons. The minimum atomic E-state index is -0.513. The van der Waals surface area contributed by atoms with Crippen molar-refractivity contribution >= 4 is 38.6 Å². The molecule has 0 aliphatic heterocycles. The number of anilines is 3. The van der Waals surface area contributed by atoms with Crippen LogP contribution < -0.4 is 4.90 Å². The average molecular weight is 814 g/mol. The molecule has 0 unspecified atom stereocenters. The number of fused-ring (bicyclic) bond motifs is 5. The standard InChI is InChI=1S/C63H43N/c1-4-17-44(18-5-1)49-22-16-27-54(42-49)64(55-38-40-59-58-29-14-15-30-60(58)63(61(59)43-55,51-23-6-2-7-24-51)52-25-8-3-9-26-52)53-36-33-47(34-37-53)57-39-35-46-20-12-13-28-56(46)62(57)50-32-31-45-19-10-11-21-48(45)41-50/h1-43H. The molecule has 0 heterocycles. The normalized spacial score (nSPS) is 12.5. The number of rotatable bonds is 8. The van der Waals surface area contributed by atoms with Gasteiger partial charge in [-0.3, -0.25) is 0 Å². The van der Waals surface area contributed by atoms with Gasteiger partial charge in [0.25, 0.3) is 0 Å². The lowest BCUT2D eigenvalue weighted by atomic mass is 9.67. The summed E-state index contributed by atoms with van der Waals surface area (Å²) in [6, 6.07) is 95.9. The fourth-order valence-electron chi connectivity index (χ4n) is 10.4. The van der Waals surface area contributed by atoms with Gasteiger partial charge < -0.3 is 4.90 Å². The molecule has 0 saturated carbocycles. The van der Waals surface area contributed by atoms with E-state index >= 15 is 0 Å². The predicted molar refractivity (Wildman–Crippen MR) is 270 cm³/mol. The molecule has 0 saturated heterocycles. The Bertz CT molecular complexity index is 3440. The van der Waals surface area contributed by atoms with Crippen molar-refractivity contribution in [2.45, 2.75) is 5.41 Å². The summed E-state index contributed by atoms with van der Waals surface area (Å²) in [5.74, 6) is 0. The highest BCUT2D eigenvalue weighted by Crippen LogP contribution is 2.57. The molecular weight excluding hydrogens is 771 g/mol. The van der Waals surface area contributed by atoms with Gasteiger partial charge in [-0.2, -0.15) is 0 Å². The smallest absolute Gasteiger partial charge is 0.0714 e. The second-order valence-electron chi connectivity index (χ2n) is 16.8. The maximum absolute atomic E-state index is 2.46. The zero-order valence-electron chi connectivity index (χ0n) is 35.3. The van der Waals surface area contributed by atoms with E-state index in [2.05, 4.69) is 266 Å². The molecule has 1 aliphatic rings. The summed E-state index contributed by atoms with van der Waals surface area (Å²) in [4.78, 5) is 2.44. The van der Waals surface area contributed by atoms with Crippen molar-refractivity contribution in [1.82, 2.24) is 0 Å². The van der Waals surface area contributed by atoms with E-state index in [0.717, 1.165) is 17.1 Å². The van der Waals surface area contributed by atoms with Gasteiger partial charge in [0.15, 0.2) is 0 Å². The number of benzene rings is 11. The zero-order chi connectivity index (χ0) is 42.5. The fourth-order valence-corrected chi connectivity index (χ4v) is 10.4. The summed E-state index contributed by atoms with van der Waals surface area (Å²) in [5.41, 5.74) is 17.6. The maximum atomic E-state index is 2.46. The topological polar surface area (TPSA) is 3.24 Å². The summed E-state index contributed by atoms with van der Waals surface area (Å²) in [5, 5.41) is 4.96. The molecule has 1 nitrogen and oxygen atoms in total. The highest BCUT2D eigenvalue weighted by Gasteiger charge is 2.46. The highest BCUT2D eigenvalue weighted by molar-refractivity contribution is 6.06. The third-order valence-electron chi connectivity index (χ3n) is 13.3. The molecule has 64 heavy (non-hydrogen) atoms.